The normalized spacial score (nSPS) is 17.5. The van der Waals surface area contributed by atoms with Crippen molar-refractivity contribution in [3.63, 3.8) is 0 Å². The zero-order valence-electron chi connectivity index (χ0n) is 36.9. The van der Waals surface area contributed by atoms with Crippen molar-refractivity contribution in [1.82, 2.24) is 34.7 Å². The Labute approximate surface area is 396 Å². The summed E-state index contributed by atoms with van der Waals surface area (Å²) in [7, 11) is -4.46. The van der Waals surface area contributed by atoms with Crippen LogP contribution in [0.1, 0.15) is 23.9 Å². The highest BCUT2D eigenvalue weighted by molar-refractivity contribution is 7.51. The molecular weight excluding hydrogens is 950 g/mol. The van der Waals surface area contributed by atoms with Crippen LogP contribution >= 0.6 is 30.8 Å². The highest BCUT2D eigenvalue weighted by atomic mass is 35.5. The predicted molar refractivity (Wildman–Crippen MR) is 238 cm³/mol. The van der Waals surface area contributed by atoms with Crippen LogP contribution < -0.4 is 4.90 Å². The number of anilines is 1. The topological polar surface area (TPSA) is 285 Å². The Bertz CT molecular complexity index is 2070. The quantitative estimate of drug-likeness (QED) is 0.0215. The number of benzene rings is 1. The minimum Gasteiger partial charge on any atom is -0.387 e. The molecule has 4 N–H and O–H groups in total. The van der Waals surface area contributed by atoms with Crippen molar-refractivity contribution in [2.24, 2.45) is 0 Å². The molecule has 0 unspecified atom stereocenters. The van der Waals surface area contributed by atoms with Gasteiger partial charge < -0.3 is 77.1 Å². The van der Waals surface area contributed by atoms with Gasteiger partial charge in [0.2, 0.25) is 5.28 Å². The van der Waals surface area contributed by atoms with Crippen LogP contribution in [0, 0.1) is 0 Å². The van der Waals surface area contributed by atoms with Crippen molar-refractivity contribution < 1.29 is 76.7 Å². The molecule has 27 heteroatoms. The van der Waals surface area contributed by atoms with Crippen LogP contribution in [0.4, 0.5) is 5.82 Å². The molecule has 0 aliphatic carbocycles. The van der Waals surface area contributed by atoms with Gasteiger partial charge in [0.05, 0.1) is 137 Å². The summed E-state index contributed by atoms with van der Waals surface area (Å²) < 4.78 is 69.5. The van der Waals surface area contributed by atoms with E-state index in [1.165, 1.54) is 10.9 Å². The van der Waals surface area contributed by atoms with E-state index in [0.717, 1.165) is 11.8 Å². The molecule has 1 aliphatic heterocycles. The monoisotopic (exact) mass is 1010 g/mol. The maximum atomic E-state index is 11.2. The Morgan fingerprint density at radius 1 is 0.776 bits per heavy atom. The second-order valence-electron chi connectivity index (χ2n) is 14.6. The number of hydrogen-bond donors (Lipinski definition) is 4. The van der Waals surface area contributed by atoms with Crippen LogP contribution in [0.2, 0.25) is 10.3 Å². The number of halogens is 2. The van der Waals surface area contributed by atoms with Crippen molar-refractivity contribution in [3.05, 3.63) is 58.2 Å². The van der Waals surface area contributed by atoms with E-state index in [2.05, 4.69) is 25.4 Å². The van der Waals surface area contributed by atoms with Gasteiger partial charge in [0.1, 0.15) is 42.5 Å². The number of aromatic nitrogens is 7. The van der Waals surface area contributed by atoms with Gasteiger partial charge in [-0.2, -0.15) is 15.1 Å². The van der Waals surface area contributed by atoms with E-state index >= 15 is 0 Å². The van der Waals surface area contributed by atoms with Crippen molar-refractivity contribution in [2.45, 2.75) is 50.7 Å². The molecule has 0 radical (unpaired) electrons. The van der Waals surface area contributed by atoms with Crippen LogP contribution in [0.15, 0.2) is 36.7 Å². The summed E-state index contributed by atoms with van der Waals surface area (Å²) in [6.07, 6.45) is -1.67. The lowest BCUT2D eigenvalue weighted by molar-refractivity contribution is -0.109. The maximum absolute atomic E-state index is 11.2. The standard InChI is InChI=1S/C40H59Cl2N8O16P/c41-33-5-2-1-4-30(33)25-48(37-32-24-43-50(38(32)45-40(42)44-37)39-36(53)35(52)34(66-39)28-65-29-67(54,55)56)6-10-58-13-16-61-20-21-63-22-23-64-27-31-26-49(47-46-31)7-11-59-14-17-62-19-18-60-15-12-57-9-3-8-51/h1-2,4-5,8,24,26,34-36,39,52-53H,3,6-7,9-23,25,27-29H2,(H2,54,55,56)/t34-,35-,36-,39-/m1/s1. The molecular formula is C40H59Cl2N8O16P. The smallest absolute Gasteiger partial charge is 0.350 e. The van der Waals surface area contributed by atoms with Gasteiger partial charge in [0.15, 0.2) is 11.9 Å². The number of hydrogen-bond acceptors (Lipinski definition) is 20. The summed E-state index contributed by atoms with van der Waals surface area (Å²) in [5, 5.41) is 35.0. The van der Waals surface area contributed by atoms with Crippen LogP contribution in [0.3, 0.4) is 0 Å². The second kappa shape index (κ2) is 30.3. The highest BCUT2D eigenvalue weighted by Crippen LogP contribution is 2.37. The Balaban J connectivity index is 0.944. The van der Waals surface area contributed by atoms with E-state index in [-0.39, 0.29) is 17.5 Å². The number of carbonyl (C=O) groups is 1. The number of aldehydes is 1. The summed E-state index contributed by atoms with van der Waals surface area (Å²) in [6, 6.07) is 7.35. The molecule has 1 saturated heterocycles. The lowest BCUT2D eigenvalue weighted by atomic mass is 10.1. The third kappa shape index (κ3) is 19.5. The molecule has 3 aromatic heterocycles. The van der Waals surface area contributed by atoms with Crippen LogP contribution in [0.5, 0.6) is 0 Å². The van der Waals surface area contributed by atoms with Gasteiger partial charge in [0, 0.05) is 24.5 Å². The van der Waals surface area contributed by atoms with E-state index in [4.69, 9.17) is 80.4 Å². The van der Waals surface area contributed by atoms with Gasteiger partial charge in [-0.05, 0) is 23.2 Å². The molecule has 374 valence electrons. The first-order chi connectivity index (χ1) is 32.5. The van der Waals surface area contributed by atoms with Gasteiger partial charge in [-0.3, -0.25) is 4.57 Å². The zero-order valence-corrected chi connectivity index (χ0v) is 39.3. The summed E-state index contributed by atoms with van der Waals surface area (Å²) in [5.74, 6) is 0.397. The Hall–Kier alpha value is -3.37. The third-order valence-corrected chi connectivity index (χ3v) is 10.6. The highest BCUT2D eigenvalue weighted by Gasteiger charge is 2.45. The number of carbonyl (C=O) groups excluding carboxylic acids is 1. The van der Waals surface area contributed by atoms with Crippen LogP contribution in [-0.2, 0) is 76.4 Å². The second-order valence-corrected chi connectivity index (χ2v) is 17.0. The average Bonchev–Trinajstić information content (AvgIpc) is 4.02. The van der Waals surface area contributed by atoms with Crippen LogP contribution in [-0.4, -0.2) is 198 Å². The number of nitrogens with zero attached hydrogens (tertiary/aromatic N) is 8. The van der Waals surface area contributed by atoms with Gasteiger partial charge >= 0.3 is 7.60 Å². The first-order valence-corrected chi connectivity index (χ1v) is 24.1. The van der Waals surface area contributed by atoms with Crippen molar-refractivity contribution >= 4 is 53.9 Å². The van der Waals surface area contributed by atoms with Gasteiger partial charge in [-0.15, -0.1) is 5.10 Å². The Morgan fingerprint density at radius 2 is 1.39 bits per heavy atom. The molecule has 4 aromatic rings. The van der Waals surface area contributed by atoms with E-state index in [9.17, 15) is 19.6 Å². The van der Waals surface area contributed by atoms with Gasteiger partial charge in [-0.1, -0.05) is 35.0 Å². The maximum Gasteiger partial charge on any atom is 0.350 e. The molecule has 67 heavy (non-hydrogen) atoms. The molecule has 4 heterocycles. The van der Waals surface area contributed by atoms with E-state index in [1.54, 1.807) is 16.9 Å². The first-order valence-electron chi connectivity index (χ1n) is 21.5. The minimum atomic E-state index is -4.46. The van der Waals surface area contributed by atoms with Crippen LogP contribution in [0.25, 0.3) is 11.0 Å². The molecule has 0 spiro atoms. The first kappa shape index (κ1) is 54.6. The molecule has 1 fully saturated rings. The molecule has 0 amide bonds. The summed E-state index contributed by atoms with van der Waals surface area (Å²) in [5.41, 5.74) is 1.70. The molecule has 1 aromatic carbocycles. The van der Waals surface area contributed by atoms with Crippen molar-refractivity contribution in [3.8, 4) is 0 Å². The fourth-order valence-electron chi connectivity index (χ4n) is 6.34. The van der Waals surface area contributed by atoms with Crippen molar-refractivity contribution in [1.29, 1.82) is 0 Å². The Kier molecular flexibility index (Phi) is 24.7. The zero-order chi connectivity index (χ0) is 47.7. The SMILES string of the molecule is O=CCCOCCOCCOCCOCCn1cc(COCCOCCOCCOCCN(Cc2ccccc2Cl)c2nc(Cl)nc3c2cnn3[C@@H]2O[C@H](COCP(=O)(O)O)[C@@H](O)[C@H]2O)nn1. The minimum absolute atomic E-state index is 0.126. The van der Waals surface area contributed by atoms with E-state index < -0.39 is 45.1 Å². The predicted octanol–water partition coefficient (Wildman–Crippen LogP) is 1.42. The lowest BCUT2D eigenvalue weighted by Crippen LogP contribution is -2.34. The molecule has 0 bridgehead atoms. The van der Waals surface area contributed by atoms with E-state index in [1.807, 2.05) is 23.1 Å². The number of aliphatic hydroxyl groups excluding tert-OH is 2. The number of fused-ring (bicyclic) bond motifs is 1. The molecule has 24 nitrogen and oxygen atoms in total. The number of rotatable bonds is 37. The van der Waals surface area contributed by atoms with E-state index in [0.29, 0.717) is 147 Å². The molecule has 5 rings (SSSR count). The fourth-order valence-corrected chi connectivity index (χ4v) is 7.04. The molecule has 0 saturated carbocycles. The fraction of sp³-hybridized carbons (Fsp3) is 0.650. The third-order valence-electron chi connectivity index (χ3n) is 9.56. The average molecular weight is 1010 g/mol. The molecule has 4 atom stereocenters. The summed E-state index contributed by atoms with van der Waals surface area (Å²) in [4.78, 5) is 39.2. The van der Waals surface area contributed by atoms with Gasteiger partial charge in [0.25, 0.3) is 0 Å². The number of aliphatic hydroxyl groups is 2. The summed E-state index contributed by atoms with van der Waals surface area (Å²) in [6.45, 7) is 7.04. The Morgan fingerprint density at radius 3 is 2.03 bits per heavy atom. The molecule has 1 aliphatic rings. The largest absolute Gasteiger partial charge is 0.387 e. The van der Waals surface area contributed by atoms with Crippen molar-refractivity contribution in [2.75, 3.05) is 124 Å². The number of ether oxygens (including phenoxy) is 10. The summed E-state index contributed by atoms with van der Waals surface area (Å²) >= 11 is 13.0. The van der Waals surface area contributed by atoms with Gasteiger partial charge in [-0.25, -0.2) is 9.36 Å². The lowest BCUT2D eigenvalue weighted by Gasteiger charge is -2.25.